The number of benzene rings is 2. The summed E-state index contributed by atoms with van der Waals surface area (Å²) in [6, 6.07) is 16.7. The zero-order valence-corrected chi connectivity index (χ0v) is 16.3. The molecule has 2 aromatic carbocycles. The quantitative estimate of drug-likeness (QED) is 0.573. The molecule has 28 heavy (non-hydrogen) atoms. The van der Waals surface area contributed by atoms with Gasteiger partial charge in [0.05, 0.1) is 7.11 Å². The lowest BCUT2D eigenvalue weighted by Gasteiger charge is -2.24. The van der Waals surface area contributed by atoms with Crippen molar-refractivity contribution >= 4 is 34.9 Å². The Morgan fingerprint density at radius 2 is 1.43 bits per heavy atom. The zero-order chi connectivity index (χ0) is 20.7. The van der Waals surface area contributed by atoms with Gasteiger partial charge in [0.2, 0.25) is 5.60 Å². The van der Waals surface area contributed by atoms with E-state index < -0.39 is 17.5 Å². The fraction of sp³-hybridized carbons (Fsp3) is 0.100. The first kappa shape index (κ1) is 21.4. The maximum atomic E-state index is 11.4. The van der Waals surface area contributed by atoms with Crippen LogP contribution in [0.1, 0.15) is 21.5 Å². The van der Waals surface area contributed by atoms with Crippen LogP contribution in [0.3, 0.4) is 0 Å². The number of halogens is 1. The highest BCUT2D eigenvalue weighted by Gasteiger charge is 2.39. The number of carbonyl (C=O) groups is 2. The van der Waals surface area contributed by atoms with Crippen molar-refractivity contribution in [2.45, 2.75) is 5.60 Å². The number of hydrogen-bond donors (Lipinski definition) is 3. The van der Waals surface area contributed by atoms with Crippen molar-refractivity contribution < 1.29 is 29.6 Å². The molecule has 0 radical (unpaired) electrons. The Balaban J connectivity index is 0.000000221. The smallest absolute Gasteiger partial charge is 0.345 e. The lowest BCUT2D eigenvalue weighted by Crippen LogP contribution is -2.36. The van der Waals surface area contributed by atoms with E-state index in [1.807, 2.05) is 0 Å². The molecule has 1 heterocycles. The van der Waals surface area contributed by atoms with Gasteiger partial charge in [-0.05, 0) is 11.1 Å². The van der Waals surface area contributed by atoms with Crippen molar-refractivity contribution in [2.24, 2.45) is 0 Å². The predicted molar refractivity (Wildman–Crippen MR) is 106 cm³/mol. The summed E-state index contributed by atoms with van der Waals surface area (Å²) in [5.41, 5.74) is -1.19. The van der Waals surface area contributed by atoms with E-state index in [1.54, 1.807) is 60.7 Å². The van der Waals surface area contributed by atoms with Crippen LogP contribution < -0.4 is 4.74 Å². The van der Waals surface area contributed by atoms with Crippen LogP contribution in [0.15, 0.2) is 66.0 Å². The van der Waals surface area contributed by atoms with Crippen LogP contribution in [0.2, 0.25) is 4.34 Å². The molecule has 3 N–H and O–H groups in total. The normalized spacial score (nSPS) is 10.5. The number of aromatic carboxylic acids is 1. The third-order valence-corrected chi connectivity index (χ3v) is 5.02. The van der Waals surface area contributed by atoms with Gasteiger partial charge in [0, 0.05) is 5.38 Å². The molecule has 8 heteroatoms. The van der Waals surface area contributed by atoms with Gasteiger partial charge in [0.1, 0.15) is 9.90 Å². The van der Waals surface area contributed by atoms with E-state index in [1.165, 1.54) is 12.5 Å². The van der Waals surface area contributed by atoms with E-state index in [2.05, 4.69) is 0 Å². The SMILES string of the molecule is COc1c(C(=O)O)csc1Cl.O=C(O)C(O)(c1ccccc1)c1ccccc1. The molecule has 0 saturated carbocycles. The molecule has 0 saturated heterocycles. The van der Waals surface area contributed by atoms with Crippen molar-refractivity contribution in [1.82, 2.24) is 0 Å². The summed E-state index contributed by atoms with van der Waals surface area (Å²) in [6.45, 7) is 0. The Hall–Kier alpha value is -2.87. The van der Waals surface area contributed by atoms with Crippen LogP contribution >= 0.6 is 22.9 Å². The molecular formula is C20H17ClO6S. The molecule has 0 atom stereocenters. The van der Waals surface area contributed by atoms with Crippen LogP contribution in [-0.2, 0) is 10.4 Å². The predicted octanol–water partition coefficient (Wildman–Crippen LogP) is 4.12. The summed E-state index contributed by atoms with van der Waals surface area (Å²) >= 11 is 6.76. The van der Waals surface area contributed by atoms with Gasteiger partial charge >= 0.3 is 11.9 Å². The fourth-order valence-electron chi connectivity index (χ4n) is 2.43. The largest absolute Gasteiger partial charge is 0.493 e. The highest BCUT2D eigenvalue weighted by molar-refractivity contribution is 7.15. The van der Waals surface area contributed by atoms with Crippen LogP contribution in [0, 0.1) is 0 Å². The fourth-order valence-corrected chi connectivity index (χ4v) is 3.48. The number of aliphatic carboxylic acids is 1. The minimum Gasteiger partial charge on any atom is -0.493 e. The van der Waals surface area contributed by atoms with Crippen molar-refractivity contribution in [2.75, 3.05) is 7.11 Å². The number of methoxy groups -OCH3 is 1. The number of hydrogen-bond acceptors (Lipinski definition) is 5. The molecule has 0 spiro atoms. The molecule has 0 bridgehead atoms. The summed E-state index contributed by atoms with van der Waals surface area (Å²) in [5, 5.41) is 29.7. The van der Waals surface area contributed by atoms with Gasteiger partial charge in [0.25, 0.3) is 0 Å². The lowest BCUT2D eigenvalue weighted by atomic mass is 9.86. The summed E-state index contributed by atoms with van der Waals surface area (Å²) in [5.74, 6) is -2.07. The monoisotopic (exact) mass is 420 g/mol. The third-order valence-electron chi connectivity index (χ3n) is 3.83. The minimum absolute atomic E-state index is 0.113. The maximum Gasteiger partial charge on any atom is 0.345 e. The lowest BCUT2D eigenvalue weighted by molar-refractivity contribution is -0.155. The van der Waals surface area contributed by atoms with Gasteiger partial charge in [-0.15, -0.1) is 11.3 Å². The second-order valence-corrected chi connectivity index (χ2v) is 6.99. The van der Waals surface area contributed by atoms with Crippen LogP contribution in [0.4, 0.5) is 0 Å². The average molecular weight is 421 g/mol. The number of rotatable bonds is 5. The van der Waals surface area contributed by atoms with E-state index in [0.717, 1.165) is 11.3 Å². The first-order valence-corrected chi connectivity index (χ1v) is 9.19. The maximum absolute atomic E-state index is 11.4. The highest BCUT2D eigenvalue weighted by Crippen LogP contribution is 2.34. The van der Waals surface area contributed by atoms with Crippen LogP contribution in [0.5, 0.6) is 5.75 Å². The summed E-state index contributed by atoms with van der Waals surface area (Å²) < 4.78 is 5.14. The molecule has 0 aliphatic heterocycles. The van der Waals surface area contributed by atoms with Crippen molar-refractivity contribution in [3.8, 4) is 5.75 Å². The first-order chi connectivity index (χ1) is 13.3. The Bertz CT molecular complexity index is 900. The number of aliphatic hydroxyl groups is 1. The average Bonchev–Trinajstić information content (AvgIpc) is 3.10. The van der Waals surface area contributed by atoms with Gasteiger partial charge < -0.3 is 20.1 Å². The summed E-state index contributed by atoms with van der Waals surface area (Å²) in [6.07, 6.45) is 0. The first-order valence-electron chi connectivity index (χ1n) is 7.93. The van der Waals surface area contributed by atoms with Gasteiger partial charge in [-0.2, -0.15) is 0 Å². The zero-order valence-electron chi connectivity index (χ0n) is 14.7. The van der Waals surface area contributed by atoms with Gasteiger partial charge in [-0.3, -0.25) is 0 Å². The Morgan fingerprint density at radius 3 is 1.75 bits per heavy atom. The Labute approximate surface area is 170 Å². The molecule has 0 aliphatic carbocycles. The summed E-state index contributed by atoms with van der Waals surface area (Å²) in [7, 11) is 1.39. The molecule has 3 aromatic rings. The second kappa shape index (κ2) is 9.36. The van der Waals surface area contributed by atoms with Crippen molar-refractivity contribution in [3.05, 3.63) is 87.1 Å². The number of ether oxygens (including phenoxy) is 1. The van der Waals surface area contributed by atoms with Crippen molar-refractivity contribution in [1.29, 1.82) is 0 Å². The van der Waals surface area contributed by atoms with Gasteiger partial charge in [0.15, 0.2) is 5.75 Å². The molecule has 6 nitrogen and oxygen atoms in total. The van der Waals surface area contributed by atoms with Gasteiger partial charge in [-0.1, -0.05) is 72.3 Å². The van der Waals surface area contributed by atoms with E-state index in [4.69, 9.17) is 21.4 Å². The summed E-state index contributed by atoms with van der Waals surface area (Å²) in [4.78, 5) is 21.8. The number of carboxylic acids is 2. The standard InChI is InChI=1S/C14H12O3.C6H5ClO3S/c15-13(16)14(17,11-7-3-1-4-8-11)12-9-5-2-6-10-12;1-10-4-3(6(8)9)2-11-5(4)7/h1-10,17H,(H,15,16);2H,1H3,(H,8,9). The second-order valence-electron chi connectivity index (χ2n) is 5.51. The third kappa shape index (κ3) is 4.51. The Kier molecular flexibility index (Phi) is 7.17. The van der Waals surface area contributed by atoms with E-state index in [9.17, 15) is 19.8 Å². The van der Waals surface area contributed by atoms with Crippen molar-refractivity contribution in [3.63, 3.8) is 0 Å². The van der Waals surface area contributed by atoms with Crippen LogP contribution in [0.25, 0.3) is 0 Å². The highest BCUT2D eigenvalue weighted by atomic mass is 35.5. The number of carboxylic acid groups (broad SMARTS) is 2. The molecule has 0 unspecified atom stereocenters. The molecular weight excluding hydrogens is 404 g/mol. The molecule has 0 amide bonds. The topological polar surface area (TPSA) is 104 Å². The van der Waals surface area contributed by atoms with E-state index in [0.29, 0.717) is 15.5 Å². The van der Waals surface area contributed by atoms with E-state index in [-0.39, 0.29) is 11.3 Å². The Morgan fingerprint density at radius 1 is 0.964 bits per heavy atom. The van der Waals surface area contributed by atoms with Crippen LogP contribution in [-0.4, -0.2) is 34.4 Å². The molecule has 146 valence electrons. The van der Waals surface area contributed by atoms with Gasteiger partial charge in [-0.25, -0.2) is 9.59 Å². The molecule has 1 aromatic heterocycles. The van der Waals surface area contributed by atoms with E-state index >= 15 is 0 Å². The molecule has 0 aliphatic rings. The molecule has 0 fully saturated rings. The number of thiophene rings is 1. The minimum atomic E-state index is -2.00. The molecule has 3 rings (SSSR count).